The summed E-state index contributed by atoms with van der Waals surface area (Å²) in [5.74, 6) is 0. The van der Waals surface area contributed by atoms with Gasteiger partial charge in [0.05, 0.1) is 14.2 Å². The third-order valence-corrected chi connectivity index (χ3v) is 0.900. The standard InChI is InChI=1S/C3H6FNO4S/c1-8-3(9-2)5-10(4,6)7/h1-2H3. The first kappa shape index (κ1) is 9.15. The third kappa shape index (κ3) is 4.07. The number of ether oxygens (including phenoxy) is 2. The Bertz CT molecular complexity index is 215. The van der Waals surface area contributed by atoms with Gasteiger partial charge in [-0.2, -0.15) is 8.42 Å². The molecular weight excluding hydrogens is 165 g/mol. The van der Waals surface area contributed by atoms with Crippen LogP contribution < -0.4 is 0 Å². The van der Waals surface area contributed by atoms with Crippen molar-refractivity contribution in [2.75, 3.05) is 14.2 Å². The second-order valence-corrected chi connectivity index (χ2v) is 2.18. The molecular formula is C3H6FNO4S. The Morgan fingerprint density at radius 2 is 1.80 bits per heavy atom. The Labute approximate surface area is 57.8 Å². The van der Waals surface area contributed by atoms with E-state index in [2.05, 4.69) is 13.9 Å². The Hall–Kier alpha value is -0.850. The first-order valence-corrected chi connectivity index (χ1v) is 3.46. The summed E-state index contributed by atoms with van der Waals surface area (Å²) < 4.78 is 41.9. The van der Waals surface area contributed by atoms with Gasteiger partial charge >= 0.3 is 16.5 Å². The summed E-state index contributed by atoms with van der Waals surface area (Å²) in [5.41, 5.74) is 0. The zero-order valence-corrected chi connectivity index (χ0v) is 6.18. The highest BCUT2D eigenvalue weighted by Gasteiger charge is 2.07. The SMILES string of the molecule is COC(=NS(=O)(=O)F)OC. The Morgan fingerprint density at radius 1 is 1.40 bits per heavy atom. The number of rotatable bonds is 1. The van der Waals surface area contributed by atoms with Gasteiger partial charge in [0.15, 0.2) is 0 Å². The van der Waals surface area contributed by atoms with Gasteiger partial charge < -0.3 is 9.47 Å². The second-order valence-electron chi connectivity index (χ2n) is 1.18. The smallest absolute Gasteiger partial charge is 0.423 e. The summed E-state index contributed by atoms with van der Waals surface area (Å²) in [4.78, 5) is 0. The lowest BCUT2D eigenvalue weighted by Gasteiger charge is -1.97. The average molecular weight is 171 g/mol. The van der Waals surface area contributed by atoms with Crippen LogP contribution in [-0.2, 0) is 19.9 Å². The molecule has 0 aliphatic rings. The fraction of sp³-hybridized carbons (Fsp3) is 0.667. The molecule has 0 heterocycles. The number of halogens is 1. The maximum absolute atomic E-state index is 11.6. The van der Waals surface area contributed by atoms with E-state index in [0.29, 0.717) is 0 Å². The second kappa shape index (κ2) is 3.35. The van der Waals surface area contributed by atoms with Gasteiger partial charge in [-0.1, -0.05) is 8.28 Å². The van der Waals surface area contributed by atoms with Crippen LogP contribution in [0.1, 0.15) is 0 Å². The first-order chi connectivity index (χ1) is 4.49. The van der Waals surface area contributed by atoms with Crippen molar-refractivity contribution in [1.29, 1.82) is 0 Å². The highest BCUT2D eigenvalue weighted by atomic mass is 32.3. The predicted molar refractivity (Wildman–Crippen MR) is 31.5 cm³/mol. The normalized spacial score (nSPS) is 10.3. The third-order valence-electron chi connectivity index (χ3n) is 0.533. The van der Waals surface area contributed by atoms with E-state index in [0.717, 1.165) is 14.2 Å². The molecule has 60 valence electrons. The van der Waals surface area contributed by atoms with E-state index in [1.807, 2.05) is 0 Å². The summed E-state index contributed by atoms with van der Waals surface area (Å²) in [6.45, 7) is 0. The molecule has 0 aliphatic carbocycles. The largest absolute Gasteiger partial charge is 0.453 e. The predicted octanol–water partition coefficient (Wildman–Crippen LogP) is -0.150. The van der Waals surface area contributed by atoms with E-state index in [1.54, 1.807) is 0 Å². The summed E-state index contributed by atoms with van der Waals surface area (Å²) in [6, 6.07) is 0. The van der Waals surface area contributed by atoms with Crippen molar-refractivity contribution in [3.63, 3.8) is 0 Å². The van der Waals surface area contributed by atoms with Crippen LogP contribution >= 0.6 is 0 Å². The molecule has 0 bridgehead atoms. The van der Waals surface area contributed by atoms with Crippen molar-refractivity contribution in [2.45, 2.75) is 0 Å². The van der Waals surface area contributed by atoms with Crippen LogP contribution in [0.2, 0.25) is 0 Å². The molecule has 0 atom stereocenters. The molecule has 0 unspecified atom stereocenters. The summed E-state index contributed by atoms with van der Waals surface area (Å²) in [6.07, 6.45) is -0.637. The van der Waals surface area contributed by atoms with Crippen LogP contribution in [0.25, 0.3) is 0 Å². The zero-order valence-electron chi connectivity index (χ0n) is 5.37. The molecule has 10 heavy (non-hydrogen) atoms. The van der Waals surface area contributed by atoms with Crippen LogP contribution in [0.15, 0.2) is 4.40 Å². The number of methoxy groups -OCH3 is 2. The van der Waals surface area contributed by atoms with Gasteiger partial charge in [-0.25, -0.2) is 0 Å². The van der Waals surface area contributed by atoms with E-state index in [1.165, 1.54) is 0 Å². The fourth-order valence-electron chi connectivity index (χ4n) is 0.247. The Kier molecular flexibility index (Phi) is 3.07. The number of hydrogen-bond donors (Lipinski definition) is 0. The van der Waals surface area contributed by atoms with E-state index in [9.17, 15) is 12.3 Å². The van der Waals surface area contributed by atoms with Gasteiger partial charge in [0.2, 0.25) is 0 Å². The lowest BCUT2D eigenvalue weighted by atomic mass is 11.2. The quantitative estimate of drug-likeness (QED) is 0.312. The zero-order chi connectivity index (χ0) is 8.20. The van der Waals surface area contributed by atoms with Crippen LogP contribution in [0, 0.1) is 0 Å². The fourth-order valence-corrected chi connectivity index (χ4v) is 0.574. The van der Waals surface area contributed by atoms with Gasteiger partial charge in [0.25, 0.3) is 0 Å². The molecule has 0 aromatic carbocycles. The molecule has 0 rings (SSSR count). The minimum atomic E-state index is -4.91. The highest BCUT2D eigenvalue weighted by molar-refractivity contribution is 7.85. The first-order valence-electron chi connectivity index (χ1n) is 2.12. The van der Waals surface area contributed by atoms with Gasteiger partial charge in [0, 0.05) is 0 Å². The van der Waals surface area contributed by atoms with Gasteiger partial charge in [0.1, 0.15) is 0 Å². The minimum Gasteiger partial charge on any atom is -0.453 e. The maximum Gasteiger partial charge on any atom is 0.423 e. The van der Waals surface area contributed by atoms with Gasteiger partial charge in [-0.15, -0.1) is 0 Å². The van der Waals surface area contributed by atoms with E-state index >= 15 is 0 Å². The monoisotopic (exact) mass is 171 g/mol. The van der Waals surface area contributed by atoms with Crippen molar-refractivity contribution >= 4 is 16.5 Å². The van der Waals surface area contributed by atoms with E-state index < -0.39 is 16.5 Å². The number of nitrogens with zero attached hydrogens (tertiary/aromatic N) is 1. The highest BCUT2D eigenvalue weighted by Crippen LogP contribution is 1.94. The molecule has 0 aromatic rings. The lowest BCUT2D eigenvalue weighted by Crippen LogP contribution is -2.05. The van der Waals surface area contributed by atoms with Crippen LogP contribution in [-0.4, -0.2) is 28.7 Å². The van der Waals surface area contributed by atoms with E-state index in [4.69, 9.17) is 0 Å². The Balaban J connectivity index is 4.42. The average Bonchev–Trinajstić information content (AvgIpc) is 1.81. The number of hydrogen-bond acceptors (Lipinski definition) is 4. The molecule has 0 fully saturated rings. The molecule has 0 amide bonds. The molecule has 0 aliphatic heterocycles. The van der Waals surface area contributed by atoms with E-state index in [-0.39, 0.29) is 0 Å². The summed E-state index contributed by atoms with van der Waals surface area (Å²) in [5, 5.41) is 0. The topological polar surface area (TPSA) is 65.0 Å². The Morgan fingerprint density at radius 3 is 1.90 bits per heavy atom. The molecule has 0 radical (unpaired) electrons. The molecule has 0 saturated carbocycles. The molecule has 0 N–H and O–H groups in total. The van der Waals surface area contributed by atoms with Gasteiger partial charge in [-0.05, 0) is 0 Å². The minimum absolute atomic E-state index is 0.637. The van der Waals surface area contributed by atoms with Crippen molar-refractivity contribution < 1.29 is 21.8 Å². The van der Waals surface area contributed by atoms with Crippen LogP contribution in [0.5, 0.6) is 0 Å². The van der Waals surface area contributed by atoms with Crippen molar-refractivity contribution in [3.8, 4) is 0 Å². The molecule has 5 nitrogen and oxygen atoms in total. The van der Waals surface area contributed by atoms with Crippen LogP contribution in [0.3, 0.4) is 0 Å². The van der Waals surface area contributed by atoms with Crippen molar-refractivity contribution in [2.24, 2.45) is 4.40 Å². The lowest BCUT2D eigenvalue weighted by molar-refractivity contribution is 0.244. The van der Waals surface area contributed by atoms with Crippen molar-refractivity contribution in [3.05, 3.63) is 0 Å². The molecule has 0 aromatic heterocycles. The summed E-state index contributed by atoms with van der Waals surface area (Å²) >= 11 is 0. The summed E-state index contributed by atoms with van der Waals surface area (Å²) in [7, 11) is -2.70. The molecule has 7 heteroatoms. The maximum atomic E-state index is 11.6. The van der Waals surface area contributed by atoms with Crippen LogP contribution in [0.4, 0.5) is 3.89 Å². The van der Waals surface area contributed by atoms with Gasteiger partial charge in [-0.3, -0.25) is 0 Å². The molecule has 0 spiro atoms. The van der Waals surface area contributed by atoms with Crippen molar-refractivity contribution in [1.82, 2.24) is 0 Å². The molecule has 0 saturated heterocycles.